The molecule has 3 aromatic rings. The third-order valence-corrected chi connectivity index (χ3v) is 4.81. The molecule has 1 amide bonds. The Morgan fingerprint density at radius 3 is 2.00 bits per heavy atom. The molecule has 0 saturated heterocycles. The van der Waals surface area contributed by atoms with Crippen molar-refractivity contribution in [1.29, 1.82) is 0 Å². The highest BCUT2D eigenvalue weighted by Crippen LogP contribution is 2.28. The zero-order valence-corrected chi connectivity index (χ0v) is 16.6. The van der Waals surface area contributed by atoms with Crippen molar-refractivity contribution in [2.24, 2.45) is 0 Å². The zero-order valence-electron chi connectivity index (χ0n) is 16.6. The molecule has 1 N–H and O–H groups in total. The van der Waals surface area contributed by atoms with E-state index in [9.17, 15) is 14.0 Å². The van der Waals surface area contributed by atoms with E-state index in [2.05, 4.69) is 5.32 Å². The number of nitrogens with one attached hydrogen (secondary N) is 1. The summed E-state index contributed by atoms with van der Waals surface area (Å²) in [5.74, 6) is -1.30. The Hall–Kier alpha value is -3.47. The van der Waals surface area contributed by atoms with E-state index in [0.717, 1.165) is 11.1 Å². The summed E-state index contributed by atoms with van der Waals surface area (Å²) >= 11 is 0. The van der Waals surface area contributed by atoms with E-state index < -0.39 is 11.9 Å². The Labute approximate surface area is 175 Å². The summed E-state index contributed by atoms with van der Waals surface area (Å²) in [7, 11) is 0. The Morgan fingerprint density at radius 2 is 1.40 bits per heavy atom. The molecule has 0 aliphatic carbocycles. The van der Waals surface area contributed by atoms with Crippen LogP contribution >= 0.6 is 0 Å². The maximum Gasteiger partial charge on any atom is 0.307 e. The summed E-state index contributed by atoms with van der Waals surface area (Å²) in [5.41, 5.74) is 2.55. The molecule has 0 fully saturated rings. The van der Waals surface area contributed by atoms with E-state index in [1.54, 1.807) is 18.2 Å². The quantitative estimate of drug-likeness (QED) is 0.542. The SMILES string of the molecule is O=C(COC(=O)CC(c1ccccc1)c1ccccc1)NCCc1ccccc1F. The van der Waals surface area contributed by atoms with Gasteiger partial charge in [0.2, 0.25) is 0 Å². The smallest absolute Gasteiger partial charge is 0.307 e. The van der Waals surface area contributed by atoms with Gasteiger partial charge in [0.1, 0.15) is 5.82 Å². The first-order valence-corrected chi connectivity index (χ1v) is 9.89. The topological polar surface area (TPSA) is 55.4 Å². The highest BCUT2D eigenvalue weighted by atomic mass is 19.1. The van der Waals surface area contributed by atoms with Crippen LogP contribution < -0.4 is 5.32 Å². The van der Waals surface area contributed by atoms with Gasteiger partial charge in [-0.25, -0.2) is 4.39 Å². The summed E-state index contributed by atoms with van der Waals surface area (Å²) in [6.45, 7) is -0.0830. The van der Waals surface area contributed by atoms with Crippen molar-refractivity contribution in [2.45, 2.75) is 18.8 Å². The molecule has 0 atom stereocenters. The highest BCUT2D eigenvalue weighted by molar-refractivity contribution is 5.80. The molecule has 0 radical (unpaired) electrons. The first kappa shape index (κ1) is 21.2. The molecule has 3 rings (SSSR count). The predicted octanol–water partition coefficient (Wildman–Crippen LogP) is 4.25. The molecule has 3 aromatic carbocycles. The zero-order chi connectivity index (χ0) is 21.2. The number of carbonyl (C=O) groups is 2. The lowest BCUT2D eigenvalue weighted by molar-refractivity contribution is -0.148. The van der Waals surface area contributed by atoms with Gasteiger partial charge in [0.05, 0.1) is 6.42 Å². The molecule has 0 spiro atoms. The maximum absolute atomic E-state index is 13.6. The molecule has 154 valence electrons. The van der Waals surface area contributed by atoms with Gasteiger partial charge in [-0.3, -0.25) is 9.59 Å². The van der Waals surface area contributed by atoms with Crippen LogP contribution in [0.1, 0.15) is 29.0 Å². The molecular weight excluding hydrogens is 381 g/mol. The molecule has 0 saturated carbocycles. The third kappa shape index (κ3) is 6.27. The summed E-state index contributed by atoms with van der Waals surface area (Å²) in [5, 5.41) is 2.65. The Morgan fingerprint density at radius 1 is 0.833 bits per heavy atom. The standard InChI is InChI=1S/C25H24FNO3/c26-23-14-8-7-13-21(23)15-16-27-24(28)18-30-25(29)17-22(19-9-3-1-4-10-19)20-11-5-2-6-12-20/h1-14,22H,15-18H2,(H,27,28). The van der Waals surface area contributed by atoms with Gasteiger partial charge in [0.15, 0.2) is 6.61 Å². The van der Waals surface area contributed by atoms with Crippen molar-refractivity contribution in [1.82, 2.24) is 5.32 Å². The minimum atomic E-state index is -0.447. The monoisotopic (exact) mass is 405 g/mol. The predicted molar refractivity (Wildman–Crippen MR) is 113 cm³/mol. The van der Waals surface area contributed by atoms with Crippen LogP contribution in [0.2, 0.25) is 0 Å². The molecule has 0 bridgehead atoms. The van der Waals surface area contributed by atoms with E-state index in [1.807, 2.05) is 60.7 Å². The number of hydrogen-bond acceptors (Lipinski definition) is 3. The number of amides is 1. The van der Waals surface area contributed by atoms with Crippen molar-refractivity contribution in [3.8, 4) is 0 Å². The second kappa shape index (κ2) is 10.9. The van der Waals surface area contributed by atoms with E-state index in [4.69, 9.17) is 4.74 Å². The fraction of sp³-hybridized carbons (Fsp3) is 0.200. The Balaban J connectivity index is 1.49. The average Bonchev–Trinajstić information content (AvgIpc) is 2.78. The Bertz CT molecular complexity index is 921. The number of halogens is 1. The minimum Gasteiger partial charge on any atom is -0.456 e. The molecule has 0 unspecified atom stereocenters. The number of esters is 1. The number of rotatable bonds is 9. The second-order valence-corrected chi connectivity index (χ2v) is 6.93. The van der Waals surface area contributed by atoms with Crippen LogP contribution in [-0.2, 0) is 20.7 Å². The maximum atomic E-state index is 13.6. The van der Waals surface area contributed by atoms with Crippen LogP contribution in [0.5, 0.6) is 0 Å². The van der Waals surface area contributed by atoms with Gasteiger partial charge in [-0.15, -0.1) is 0 Å². The normalized spacial score (nSPS) is 10.6. The summed E-state index contributed by atoms with van der Waals surface area (Å²) in [4.78, 5) is 24.4. The Kier molecular flexibility index (Phi) is 7.72. The first-order valence-electron chi connectivity index (χ1n) is 9.89. The van der Waals surface area contributed by atoms with Gasteiger partial charge in [-0.1, -0.05) is 78.9 Å². The van der Waals surface area contributed by atoms with Gasteiger partial charge in [-0.05, 0) is 29.2 Å². The largest absolute Gasteiger partial charge is 0.456 e. The summed E-state index contributed by atoms with van der Waals surface area (Å²) < 4.78 is 18.8. The van der Waals surface area contributed by atoms with E-state index in [0.29, 0.717) is 12.0 Å². The third-order valence-electron chi connectivity index (χ3n) is 4.81. The molecular formula is C25H24FNO3. The average molecular weight is 405 g/mol. The fourth-order valence-electron chi connectivity index (χ4n) is 3.26. The summed E-state index contributed by atoms with van der Waals surface area (Å²) in [6.07, 6.45) is 0.507. The molecule has 0 aromatic heterocycles. The van der Waals surface area contributed by atoms with Crippen molar-refractivity contribution in [3.63, 3.8) is 0 Å². The van der Waals surface area contributed by atoms with Crippen molar-refractivity contribution >= 4 is 11.9 Å². The van der Waals surface area contributed by atoms with Gasteiger partial charge < -0.3 is 10.1 Å². The molecule has 0 aliphatic heterocycles. The molecule has 5 heteroatoms. The van der Waals surface area contributed by atoms with Crippen LogP contribution in [0.25, 0.3) is 0 Å². The van der Waals surface area contributed by atoms with Gasteiger partial charge in [0.25, 0.3) is 5.91 Å². The second-order valence-electron chi connectivity index (χ2n) is 6.93. The fourth-order valence-corrected chi connectivity index (χ4v) is 3.26. The number of ether oxygens (including phenoxy) is 1. The van der Waals surface area contributed by atoms with Gasteiger partial charge in [-0.2, -0.15) is 0 Å². The molecule has 0 heterocycles. The van der Waals surface area contributed by atoms with Crippen molar-refractivity contribution in [2.75, 3.05) is 13.2 Å². The number of carbonyl (C=O) groups excluding carboxylic acids is 2. The first-order chi connectivity index (χ1) is 14.6. The molecule has 0 aliphatic rings. The van der Waals surface area contributed by atoms with Crippen LogP contribution in [-0.4, -0.2) is 25.0 Å². The molecule has 4 nitrogen and oxygen atoms in total. The summed E-state index contributed by atoms with van der Waals surface area (Å²) in [6, 6.07) is 25.9. The van der Waals surface area contributed by atoms with E-state index in [1.165, 1.54) is 6.07 Å². The van der Waals surface area contributed by atoms with E-state index >= 15 is 0 Å². The molecule has 30 heavy (non-hydrogen) atoms. The van der Waals surface area contributed by atoms with Gasteiger partial charge in [0, 0.05) is 12.5 Å². The lowest BCUT2D eigenvalue weighted by Crippen LogP contribution is -2.30. The van der Waals surface area contributed by atoms with Gasteiger partial charge >= 0.3 is 5.97 Å². The van der Waals surface area contributed by atoms with E-state index in [-0.39, 0.29) is 31.3 Å². The van der Waals surface area contributed by atoms with Crippen LogP contribution in [0, 0.1) is 5.82 Å². The number of hydrogen-bond donors (Lipinski definition) is 1. The lowest BCUT2D eigenvalue weighted by atomic mass is 9.89. The minimum absolute atomic E-state index is 0.135. The van der Waals surface area contributed by atoms with Crippen LogP contribution in [0.15, 0.2) is 84.9 Å². The number of benzene rings is 3. The van der Waals surface area contributed by atoms with Crippen LogP contribution in [0.4, 0.5) is 4.39 Å². The van der Waals surface area contributed by atoms with Crippen molar-refractivity contribution in [3.05, 3.63) is 107 Å². The highest BCUT2D eigenvalue weighted by Gasteiger charge is 2.19. The lowest BCUT2D eigenvalue weighted by Gasteiger charge is -2.17. The van der Waals surface area contributed by atoms with Crippen molar-refractivity contribution < 1.29 is 18.7 Å². The van der Waals surface area contributed by atoms with Crippen LogP contribution in [0.3, 0.4) is 0 Å².